The fourth-order valence-electron chi connectivity index (χ4n) is 1.57. The molecule has 0 saturated heterocycles. The average molecular weight is 257 g/mol. The number of nitrogens with one attached hydrogen (secondary N) is 1. The molecule has 0 aliphatic carbocycles. The highest BCUT2D eigenvalue weighted by Gasteiger charge is 2.08. The molecule has 0 atom stereocenters. The lowest BCUT2D eigenvalue weighted by Gasteiger charge is -1.98. The minimum atomic E-state index is -0.238. The number of hydrogen-bond acceptors (Lipinski definition) is 1. The molecule has 1 heterocycles. The van der Waals surface area contributed by atoms with Crippen LogP contribution in [-0.2, 0) is 6.42 Å². The second-order valence-electron chi connectivity index (χ2n) is 3.16. The molecular formula is C10H10BrFN2. The summed E-state index contributed by atoms with van der Waals surface area (Å²) in [5, 5.41) is 0.905. The number of hydrogen-bond donors (Lipinski definition) is 2. The topological polar surface area (TPSA) is 41.8 Å². The van der Waals surface area contributed by atoms with Crippen LogP contribution in [0, 0.1) is 5.82 Å². The maximum atomic E-state index is 13.4. The molecule has 0 bridgehead atoms. The number of nitrogens with two attached hydrogens (primary N) is 1. The van der Waals surface area contributed by atoms with E-state index in [0.717, 1.165) is 21.8 Å². The minimum absolute atomic E-state index is 0.238. The Bertz CT molecular complexity index is 464. The van der Waals surface area contributed by atoms with E-state index in [4.69, 9.17) is 5.73 Å². The summed E-state index contributed by atoms with van der Waals surface area (Å²) in [5.74, 6) is -0.238. The van der Waals surface area contributed by atoms with Crippen molar-refractivity contribution in [3.8, 4) is 0 Å². The Labute approximate surface area is 89.4 Å². The highest BCUT2D eigenvalue weighted by atomic mass is 79.9. The highest BCUT2D eigenvalue weighted by molar-refractivity contribution is 9.10. The van der Waals surface area contributed by atoms with E-state index in [-0.39, 0.29) is 5.82 Å². The Balaban J connectivity index is 2.66. The third kappa shape index (κ3) is 1.55. The molecule has 1 aromatic heterocycles. The van der Waals surface area contributed by atoms with Crippen LogP contribution in [0.4, 0.5) is 4.39 Å². The van der Waals surface area contributed by atoms with Crippen LogP contribution >= 0.6 is 15.9 Å². The van der Waals surface area contributed by atoms with Crippen molar-refractivity contribution in [2.24, 2.45) is 5.73 Å². The van der Waals surface area contributed by atoms with Gasteiger partial charge >= 0.3 is 0 Å². The molecule has 0 unspecified atom stereocenters. The lowest BCUT2D eigenvalue weighted by molar-refractivity contribution is 0.636. The van der Waals surface area contributed by atoms with E-state index in [1.54, 1.807) is 0 Å². The maximum Gasteiger partial charge on any atom is 0.148 e. The summed E-state index contributed by atoms with van der Waals surface area (Å²) in [5.41, 5.74) is 7.08. The van der Waals surface area contributed by atoms with Gasteiger partial charge in [-0.3, -0.25) is 0 Å². The van der Waals surface area contributed by atoms with Crippen molar-refractivity contribution in [2.75, 3.05) is 6.54 Å². The fourth-order valence-corrected chi connectivity index (χ4v) is 2.00. The van der Waals surface area contributed by atoms with Gasteiger partial charge in [-0.1, -0.05) is 15.9 Å². The van der Waals surface area contributed by atoms with Crippen molar-refractivity contribution in [1.82, 2.24) is 4.98 Å². The molecule has 0 aliphatic heterocycles. The molecule has 0 spiro atoms. The lowest BCUT2D eigenvalue weighted by atomic mass is 10.1. The van der Waals surface area contributed by atoms with Crippen molar-refractivity contribution < 1.29 is 4.39 Å². The van der Waals surface area contributed by atoms with E-state index < -0.39 is 0 Å². The zero-order valence-corrected chi connectivity index (χ0v) is 9.07. The number of rotatable bonds is 2. The SMILES string of the molecule is NCCc1c[nH]c2c(F)cc(Br)cc12. The Hall–Kier alpha value is -0.870. The van der Waals surface area contributed by atoms with E-state index in [9.17, 15) is 4.39 Å². The van der Waals surface area contributed by atoms with E-state index in [1.165, 1.54) is 6.07 Å². The molecule has 2 nitrogen and oxygen atoms in total. The molecule has 0 saturated carbocycles. The highest BCUT2D eigenvalue weighted by Crippen LogP contribution is 2.25. The summed E-state index contributed by atoms with van der Waals surface area (Å²) in [7, 11) is 0. The zero-order valence-electron chi connectivity index (χ0n) is 7.48. The van der Waals surface area contributed by atoms with Crippen LogP contribution in [0.15, 0.2) is 22.8 Å². The number of halogens is 2. The number of aromatic amines is 1. The largest absolute Gasteiger partial charge is 0.359 e. The summed E-state index contributed by atoms with van der Waals surface area (Å²) in [6.45, 7) is 0.571. The van der Waals surface area contributed by atoms with Gasteiger partial charge in [-0.15, -0.1) is 0 Å². The van der Waals surface area contributed by atoms with Crippen LogP contribution in [0.3, 0.4) is 0 Å². The van der Waals surface area contributed by atoms with Crippen LogP contribution in [0.5, 0.6) is 0 Å². The molecule has 0 fully saturated rings. The quantitative estimate of drug-likeness (QED) is 0.853. The Morgan fingerprint density at radius 1 is 1.43 bits per heavy atom. The molecular weight excluding hydrogens is 247 g/mol. The van der Waals surface area contributed by atoms with Crippen molar-refractivity contribution in [3.63, 3.8) is 0 Å². The zero-order chi connectivity index (χ0) is 10.1. The van der Waals surface area contributed by atoms with Gasteiger partial charge < -0.3 is 10.7 Å². The van der Waals surface area contributed by atoms with Gasteiger partial charge in [-0.25, -0.2) is 4.39 Å². The van der Waals surface area contributed by atoms with Crippen molar-refractivity contribution in [2.45, 2.75) is 6.42 Å². The van der Waals surface area contributed by atoms with Gasteiger partial charge in [0.25, 0.3) is 0 Å². The number of fused-ring (bicyclic) bond motifs is 1. The van der Waals surface area contributed by atoms with Crippen LogP contribution in [0.25, 0.3) is 10.9 Å². The standard InChI is InChI=1S/C10H10BrFN2/c11-7-3-8-6(1-2-13)5-14-10(8)9(12)4-7/h3-5,14H,1-2,13H2. The molecule has 0 radical (unpaired) electrons. The Kier molecular flexibility index (Phi) is 2.56. The maximum absolute atomic E-state index is 13.4. The van der Waals surface area contributed by atoms with E-state index in [0.29, 0.717) is 12.1 Å². The van der Waals surface area contributed by atoms with E-state index >= 15 is 0 Å². The Morgan fingerprint density at radius 2 is 2.21 bits per heavy atom. The van der Waals surface area contributed by atoms with Gasteiger partial charge in [0, 0.05) is 16.1 Å². The second-order valence-corrected chi connectivity index (χ2v) is 4.08. The molecule has 2 aromatic rings. The third-order valence-corrected chi connectivity index (χ3v) is 2.66. The van der Waals surface area contributed by atoms with Crippen LogP contribution in [0.1, 0.15) is 5.56 Å². The summed E-state index contributed by atoms with van der Waals surface area (Å²) >= 11 is 3.27. The first kappa shape index (κ1) is 9.68. The fraction of sp³-hybridized carbons (Fsp3) is 0.200. The smallest absolute Gasteiger partial charge is 0.148 e. The van der Waals surface area contributed by atoms with Gasteiger partial charge in [-0.05, 0) is 30.7 Å². The Morgan fingerprint density at radius 3 is 2.93 bits per heavy atom. The molecule has 2 rings (SSSR count). The normalized spacial score (nSPS) is 11.1. The molecule has 4 heteroatoms. The molecule has 0 amide bonds. The third-order valence-electron chi connectivity index (χ3n) is 2.21. The van der Waals surface area contributed by atoms with Gasteiger partial charge in [-0.2, -0.15) is 0 Å². The number of benzene rings is 1. The summed E-state index contributed by atoms with van der Waals surface area (Å²) in [6, 6.07) is 3.35. The van der Waals surface area contributed by atoms with Crippen LogP contribution in [-0.4, -0.2) is 11.5 Å². The molecule has 1 aromatic carbocycles. The van der Waals surface area contributed by atoms with Gasteiger partial charge in [0.15, 0.2) is 0 Å². The van der Waals surface area contributed by atoms with Gasteiger partial charge in [0.05, 0.1) is 5.52 Å². The molecule has 14 heavy (non-hydrogen) atoms. The average Bonchev–Trinajstić information content (AvgIpc) is 2.49. The second kappa shape index (κ2) is 3.71. The van der Waals surface area contributed by atoms with Gasteiger partial charge in [0.2, 0.25) is 0 Å². The molecule has 0 aliphatic rings. The summed E-state index contributed by atoms with van der Waals surface area (Å²) in [6.07, 6.45) is 2.57. The molecule has 3 N–H and O–H groups in total. The van der Waals surface area contributed by atoms with E-state index in [1.807, 2.05) is 12.3 Å². The van der Waals surface area contributed by atoms with Gasteiger partial charge in [0.1, 0.15) is 5.82 Å². The molecule has 74 valence electrons. The first-order valence-electron chi connectivity index (χ1n) is 4.37. The first-order chi connectivity index (χ1) is 6.72. The predicted octanol–water partition coefficient (Wildman–Crippen LogP) is 2.57. The van der Waals surface area contributed by atoms with Crippen LogP contribution < -0.4 is 5.73 Å². The number of H-pyrrole nitrogens is 1. The van der Waals surface area contributed by atoms with Crippen molar-refractivity contribution in [1.29, 1.82) is 0 Å². The summed E-state index contributed by atoms with van der Waals surface area (Å²) in [4.78, 5) is 2.92. The predicted molar refractivity (Wildman–Crippen MR) is 58.7 cm³/mol. The first-order valence-corrected chi connectivity index (χ1v) is 5.16. The minimum Gasteiger partial charge on any atom is -0.359 e. The lowest BCUT2D eigenvalue weighted by Crippen LogP contribution is -2.01. The van der Waals surface area contributed by atoms with Crippen LogP contribution in [0.2, 0.25) is 0 Å². The van der Waals surface area contributed by atoms with Crippen molar-refractivity contribution >= 4 is 26.8 Å². The van der Waals surface area contributed by atoms with E-state index in [2.05, 4.69) is 20.9 Å². The number of aromatic nitrogens is 1. The monoisotopic (exact) mass is 256 g/mol. The van der Waals surface area contributed by atoms with Crippen molar-refractivity contribution in [3.05, 3.63) is 34.2 Å². The summed E-state index contributed by atoms with van der Waals surface area (Å²) < 4.78 is 14.2.